The molecule has 1 unspecified atom stereocenters. The monoisotopic (exact) mass is 304 g/mol. The minimum absolute atomic E-state index is 0.161. The molecule has 0 N–H and O–H groups in total. The van der Waals surface area contributed by atoms with E-state index in [1.54, 1.807) is 11.8 Å². The predicted molar refractivity (Wildman–Crippen MR) is 84.6 cm³/mol. The second-order valence-electron chi connectivity index (χ2n) is 4.88. The summed E-state index contributed by atoms with van der Waals surface area (Å²) in [4.78, 5) is 16.8. The third-order valence-corrected chi connectivity index (χ3v) is 5.94. The van der Waals surface area contributed by atoms with Crippen LogP contribution in [0.15, 0.2) is 35.5 Å². The fourth-order valence-corrected chi connectivity index (χ4v) is 4.52. The number of hydrogen-bond donors (Lipinski definition) is 0. The van der Waals surface area contributed by atoms with Gasteiger partial charge in [-0.05, 0) is 13.8 Å². The summed E-state index contributed by atoms with van der Waals surface area (Å²) in [6.07, 6.45) is 0. The molecule has 0 saturated heterocycles. The molecule has 1 atom stereocenters. The van der Waals surface area contributed by atoms with Gasteiger partial charge in [-0.15, -0.1) is 0 Å². The standard InChI is InChI=1S/C15H16N2OS2/c1-10-11(2)17-8-13(9-19-15(17)16-10)20-14(18)12-6-4-3-5-7-12/h3-7,13H,8-9H2,1-2H3. The van der Waals surface area contributed by atoms with Crippen molar-refractivity contribution in [3.63, 3.8) is 0 Å². The van der Waals surface area contributed by atoms with Crippen LogP contribution >= 0.6 is 23.5 Å². The summed E-state index contributed by atoms with van der Waals surface area (Å²) in [7, 11) is 0. The molecule has 2 heterocycles. The zero-order valence-electron chi connectivity index (χ0n) is 11.5. The predicted octanol–water partition coefficient (Wildman–Crippen LogP) is 3.55. The van der Waals surface area contributed by atoms with Crippen LogP contribution in [0.3, 0.4) is 0 Å². The lowest BCUT2D eigenvalue weighted by Gasteiger charge is -2.23. The topological polar surface area (TPSA) is 34.9 Å². The number of nitrogens with zero attached hydrogens (tertiary/aromatic N) is 2. The summed E-state index contributed by atoms with van der Waals surface area (Å²) in [5, 5.41) is 1.56. The van der Waals surface area contributed by atoms with Crippen molar-refractivity contribution in [3.8, 4) is 0 Å². The second-order valence-corrected chi connectivity index (χ2v) is 7.14. The van der Waals surface area contributed by atoms with Gasteiger partial charge in [0.05, 0.1) is 5.69 Å². The van der Waals surface area contributed by atoms with Crippen LogP contribution in [0.5, 0.6) is 0 Å². The zero-order chi connectivity index (χ0) is 14.1. The van der Waals surface area contributed by atoms with E-state index < -0.39 is 0 Å². The molecule has 0 spiro atoms. The first-order valence-corrected chi connectivity index (χ1v) is 8.44. The molecule has 20 heavy (non-hydrogen) atoms. The van der Waals surface area contributed by atoms with Crippen molar-refractivity contribution >= 4 is 28.6 Å². The van der Waals surface area contributed by atoms with E-state index in [2.05, 4.69) is 16.5 Å². The van der Waals surface area contributed by atoms with Crippen LogP contribution in [0.2, 0.25) is 0 Å². The molecular formula is C15H16N2OS2. The maximum atomic E-state index is 12.2. The molecule has 3 rings (SSSR count). The number of carbonyl (C=O) groups excluding carboxylic acids is 1. The number of aromatic nitrogens is 2. The van der Waals surface area contributed by atoms with Crippen LogP contribution in [0.4, 0.5) is 0 Å². The van der Waals surface area contributed by atoms with Crippen LogP contribution in [0, 0.1) is 13.8 Å². The number of hydrogen-bond acceptors (Lipinski definition) is 4. The molecule has 0 amide bonds. The number of carbonyl (C=O) groups is 1. The van der Waals surface area contributed by atoms with Crippen molar-refractivity contribution in [1.82, 2.24) is 9.55 Å². The van der Waals surface area contributed by atoms with Gasteiger partial charge in [-0.1, -0.05) is 53.9 Å². The molecule has 1 aromatic heterocycles. The second kappa shape index (κ2) is 5.66. The fraction of sp³-hybridized carbons (Fsp3) is 0.333. The smallest absolute Gasteiger partial charge is 0.219 e. The van der Waals surface area contributed by atoms with Crippen LogP contribution in [-0.4, -0.2) is 25.7 Å². The molecule has 104 valence electrons. The van der Waals surface area contributed by atoms with Crippen molar-refractivity contribution in [2.75, 3.05) is 5.75 Å². The van der Waals surface area contributed by atoms with Gasteiger partial charge in [0.2, 0.25) is 5.12 Å². The van der Waals surface area contributed by atoms with E-state index in [-0.39, 0.29) is 5.12 Å². The highest BCUT2D eigenvalue weighted by molar-refractivity contribution is 8.15. The van der Waals surface area contributed by atoms with E-state index in [4.69, 9.17) is 0 Å². The number of rotatable bonds is 2. The minimum Gasteiger partial charge on any atom is -0.322 e. The van der Waals surface area contributed by atoms with E-state index in [9.17, 15) is 4.79 Å². The Kier molecular flexibility index (Phi) is 3.89. The Labute approximate surface area is 127 Å². The maximum Gasteiger partial charge on any atom is 0.219 e. The Morgan fingerprint density at radius 2 is 2.10 bits per heavy atom. The molecule has 1 aliphatic rings. The first-order valence-electron chi connectivity index (χ1n) is 6.57. The maximum absolute atomic E-state index is 12.2. The molecule has 0 aliphatic carbocycles. The lowest BCUT2D eigenvalue weighted by Crippen LogP contribution is -2.23. The van der Waals surface area contributed by atoms with Gasteiger partial charge in [-0.25, -0.2) is 4.98 Å². The molecule has 0 saturated carbocycles. The molecule has 3 nitrogen and oxygen atoms in total. The third-order valence-electron chi connectivity index (χ3n) is 3.49. The van der Waals surface area contributed by atoms with Crippen molar-refractivity contribution in [3.05, 3.63) is 47.3 Å². The van der Waals surface area contributed by atoms with Gasteiger partial charge in [-0.2, -0.15) is 0 Å². The van der Waals surface area contributed by atoms with E-state index in [1.165, 1.54) is 17.5 Å². The average Bonchev–Trinajstić information content (AvgIpc) is 2.75. The van der Waals surface area contributed by atoms with Gasteiger partial charge in [0, 0.05) is 28.8 Å². The van der Waals surface area contributed by atoms with Gasteiger partial charge in [-0.3, -0.25) is 4.79 Å². The van der Waals surface area contributed by atoms with Crippen molar-refractivity contribution in [1.29, 1.82) is 0 Å². The van der Waals surface area contributed by atoms with Crippen molar-refractivity contribution < 1.29 is 4.79 Å². The Hall–Kier alpha value is -1.20. The van der Waals surface area contributed by atoms with Crippen LogP contribution in [-0.2, 0) is 6.54 Å². The molecule has 0 bridgehead atoms. The number of benzene rings is 1. The highest BCUT2D eigenvalue weighted by atomic mass is 32.2. The number of thioether (sulfide) groups is 2. The van der Waals surface area contributed by atoms with E-state index in [1.807, 2.05) is 37.3 Å². The van der Waals surface area contributed by atoms with Crippen LogP contribution in [0.1, 0.15) is 21.7 Å². The molecule has 1 aliphatic heterocycles. The quantitative estimate of drug-likeness (QED) is 0.850. The number of aryl methyl sites for hydroxylation is 1. The summed E-state index contributed by atoms with van der Waals surface area (Å²) in [5.74, 6) is 0.944. The molecule has 0 fully saturated rings. The first-order chi connectivity index (χ1) is 9.65. The van der Waals surface area contributed by atoms with Gasteiger partial charge >= 0.3 is 0 Å². The van der Waals surface area contributed by atoms with Gasteiger partial charge in [0.15, 0.2) is 5.16 Å². The molecule has 1 aromatic carbocycles. The molecule has 2 aromatic rings. The van der Waals surface area contributed by atoms with Gasteiger partial charge in [0.1, 0.15) is 0 Å². The molecule has 0 radical (unpaired) electrons. The van der Waals surface area contributed by atoms with Crippen LogP contribution in [0.25, 0.3) is 0 Å². The summed E-state index contributed by atoms with van der Waals surface area (Å²) in [6, 6.07) is 9.50. The SMILES string of the molecule is Cc1nc2n(c1C)CC(SC(=O)c1ccccc1)CS2. The number of imidazole rings is 1. The Bertz CT molecular complexity index is 637. The average molecular weight is 304 g/mol. The highest BCUT2D eigenvalue weighted by Crippen LogP contribution is 2.33. The van der Waals surface area contributed by atoms with Gasteiger partial charge < -0.3 is 4.57 Å². The first kappa shape index (κ1) is 13.8. The van der Waals surface area contributed by atoms with Gasteiger partial charge in [0.25, 0.3) is 0 Å². The summed E-state index contributed by atoms with van der Waals surface area (Å²) in [6.45, 7) is 5.01. The normalized spacial score (nSPS) is 17.8. The van der Waals surface area contributed by atoms with Crippen molar-refractivity contribution in [2.45, 2.75) is 30.8 Å². The Morgan fingerprint density at radius 1 is 1.35 bits per heavy atom. The summed E-state index contributed by atoms with van der Waals surface area (Å²) >= 11 is 3.19. The van der Waals surface area contributed by atoms with E-state index >= 15 is 0 Å². The minimum atomic E-state index is 0.161. The van der Waals surface area contributed by atoms with Crippen LogP contribution < -0.4 is 0 Å². The molecular weight excluding hydrogens is 288 g/mol. The Morgan fingerprint density at radius 3 is 2.85 bits per heavy atom. The Balaban J connectivity index is 1.72. The highest BCUT2D eigenvalue weighted by Gasteiger charge is 2.25. The van der Waals surface area contributed by atoms with E-state index in [0.29, 0.717) is 5.25 Å². The lowest BCUT2D eigenvalue weighted by molar-refractivity contribution is 0.108. The summed E-state index contributed by atoms with van der Waals surface area (Å²) < 4.78 is 2.24. The largest absolute Gasteiger partial charge is 0.322 e. The lowest BCUT2D eigenvalue weighted by atomic mass is 10.2. The summed E-state index contributed by atoms with van der Waals surface area (Å²) in [5.41, 5.74) is 3.09. The number of fused-ring (bicyclic) bond motifs is 1. The van der Waals surface area contributed by atoms with Crippen molar-refractivity contribution in [2.24, 2.45) is 0 Å². The fourth-order valence-electron chi connectivity index (χ4n) is 2.24. The molecule has 5 heteroatoms. The third kappa shape index (κ3) is 2.65. The zero-order valence-corrected chi connectivity index (χ0v) is 13.1. The van der Waals surface area contributed by atoms with E-state index in [0.717, 1.165) is 28.7 Å².